The third kappa shape index (κ3) is 6.25. The topological polar surface area (TPSA) is 18.5 Å². The summed E-state index contributed by atoms with van der Waals surface area (Å²) in [5.41, 5.74) is 1.38. The van der Waals surface area contributed by atoms with Crippen LogP contribution in [-0.4, -0.2) is 28.3 Å². The lowest BCUT2D eigenvalue weighted by molar-refractivity contribution is -0.0471. The molecule has 0 aromatic carbocycles. The molecule has 1 aliphatic rings. The molecule has 2 atom stereocenters. The molecule has 1 aliphatic carbocycles. The minimum absolute atomic E-state index is 0.125. The van der Waals surface area contributed by atoms with Gasteiger partial charge in [0.2, 0.25) is 0 Å². The van der Waals surface area contributed by atoms with E-state index < -0.39 is 16.6 Å². The highest BCUT2D eigenvalue weighted by Crippen LogP contribution is 2.35. The van der Waals surface area contributed by atoms with E-state index in [1.807, 2.05) is 0 Å². The molecule has 0 saturated heterocycles. The Hall–Kier alpha value is 0.0938. The van der Waals surface area contributed by atoms with Crippen LogP contribution >= 0.6 is 0 Å². The fourth-order valence-corrected chi connectivity index (χ4v) is 5.77. The Bertz CT molecular complexity index is 352. The SMILES string of the molecule is CC1=CCCC(O[Si](C)(C)C)C(C)(O[Si](C)(C)C)CC1. The Labute approximate surface area is 128 Å². The van der Waals surface area contributed by atoms with Crippen LogP contribution in [0.25, 0.3) is 0 Å². The first-order valence-electron chi connectivity index (χ1n) is 7.95. The van der Waals surface area contributed by atoms with E-state index in [0.717, 1.165) is 25.7 Å². The average Bonchev–Trinajstić information content (AvgIpc) is 2.19. The summed E-state index contributed by atoms with van der Waals surface area (Å²) >= 11 is 0. The zero-order valence-electron chi connectivity index (χ0n) is 14.8. The second-order valence-corrected chi connectivity index (χ2v) is 17.3. The monoisotopic (exact) mass is 314 g/mol. The number of hydrogen-bond acceptors (Lipinski definition) is 2. The number of allylic oxidation sites excluding steroid dienone is 2. The molecule has 4 heteroatoms. The first-order chi connectivity index (χ1) is 8.91. The lowest BCUT2D eigenvalue weighted by Gasteiger charge is -2.45. The van der Waals surface area contributed by atoms with Crippen LogP contribution in [0.15, 0.2) is 11.6 Å². The third-order valence-electron chi connectivity index (χ3n) is 3.65. The van der Waals surface area contributed by atoms with Gasteiger partial charge >= 0.3 is 0 Å². The van der Waals surface area contributed by atoms with E-state index in [2.05, 4.69) is 59.2 Å². The van der Waals surface area contributed by atoms with Gasteiger partial charge in [0.05, 0.1) is 11.7 Å². The van der Waals surface area contributed by atoms with Gasteiger partial charge < -0.3 is 8.85 Å². The molecule has 118 valence electrons. The summed E-state index contributed by atoms with van der Waals surface area (Å²) in [6.07, 6.45) is 7.04. The predicted octanol–water partition coefficient (Wildman–Crippen LogP) is 5.34. The Morgan fingerprint density at radius 3 is 2.20 bits per heavy atom. The van der Waals surface area contributed by atoms with Crippen LogP contribution in [0, 0.1) is 0 Å². The quantitative estimate of drug-likeness (QED) is 0.515. The highest BCUT2D eigenvalue weighted by molar-refractivity contribution is 6.70. The highest BCUT2D eigenvalue weighted by Gasteiger charge is 2.41. The van der Waals surface area contributed by atoms with Crippen molar-refractivity contribution in [1.29, 1.82) is 0 Å². The largest absolute Gasteiger partial charge is 0.412 e. The summed E-state index contributed by atoms with van der Waals surface area (Å²) in [6, 6.07) is 0. The van der Waals surface area contributed by atoms with Gasteiger partial charge in [0.25, 0.3) is 0 Å². The Kier molecular flexibility index (Phi) is 5.87. The van der Waals surface area contributed by atoms with Gasteiger partial charge in [0.1, 0.15) is 0 Å². The third-order valence-corrected chi connectivity index (χ3v) is 5.72. The maximum Gasteiger partial charge on any atom is 0.184 e. The van der Waals surface area contributed by atoms with E-state index in [9.17, 15) is 0 Å². The molecular weight excluding hydrogens is 280 g/mol. The summed E-state index contributed by atoms with van der Waals surface area (Å²) in [7, 11) is -3.13. The van der Waals surface area contributed by atoms with Crippen molar-refractivity contribution in [2.24, 2.45) is 0 Å². The molecule has 0 bridgehead atoms. The second kappa shape index (κ2) is 6.47. The van der Waals surface area contributed by atoms with Gasteiger partial charge in [-0.15, -0.1) is 0 Å². The van der Waals surface area contributed by atoms with Crippen LogP contribution in [0.4, 0.5) is 0 Å². The maximum atomic E-state index is 6.62. The van der Waals surface area contributed by atoms with Crippen molar-refractivity contribution in [3.8, 4) is 0 Å². The lowest BCUT2D eigenvalue weighted by Crippen LogP contribution is -2.53. The normalized spacial score (nSPS) is 29.6. The summed E-state index contributed by atoms with van der Waals surface area (Å²) < 4.78 is 13.1. The van der Waals surface area contributed by atoms with Crippen LogP contribution in [0.1, 0.15) is 39.5 Å². The van der Waals surface area contributed by atoms with Crippen molar-refractivity contribution in [2.75, 3.05) is 0 Å². The van der Waals surface area contributed by atoms with Gasteiger partial charge in [0, 0.05) is 0 Å². The number of rotatable bonds is 4. The minimum atomic E-state index is -1.58. The van der Waals surface area contributed by atoms with E-state index in [0.29, 0.717) is 0 Å². The molecule has 0 fully saturated rings. The molecule has 2 unspecified atom stereocenters. The zero-order valence-corrected chi connectivity index (χ0v) is 16.8. The van der Waals surface area contributed by atoms with Crippen molar-refractivity contribution in [2.45, 2.75) is 90.5 Å². The van der Waals surface area contributed by atoms with Gasteiger partial charge in [-0.3, -0.25) is 0 Å². The zero-order chi connectivity index (χ0) is 15.6. The van der Waals surface area contributed by atoms with Gasteiger partial charge in [-0.1, -0.05) is 11.6 Å². The van der Waals surface area contributed by atoms with Crippen molar-refractivity contribution in [3.05, 3.63) is 11.6 Å². The van der Waals surface area contributed by atoms with Crippen LogP contribution in [0.2, 0.25) is 39.3 Å². The molecule has 0 saturated carbocycles. The summed E-state index contributed by atoms with van der Waals surface area (Å²) in [5.74, 6) is 0. The van der Waals surface area contributed by atoms with E-state index in [-0.39, 0.29) is 11.7 Å². The smallest absolute Gasteiger partial charge is 0.184 e. The molecule has 0 aromatic heterocycles. The van der Waals surface area contributed by atoms with E-state index >= 15 is 0 Å². The Balaban J connectivity index is 2.98. The van der Waals surface area contributed by atoms with Gasteiger partial charge in [-0.05, 0) is 78.8 Å². The van der Waals surface area contributed by atoms with Crippen molar-refractivity contribution >= 4 is 16.6 Å². The summed E-state index contributed by atoms with van der Waals surface area (Å²) in [6.45, 7) is 18.2. The second-order valence-electron chi connectivity index (χ2n) is 8.37. The maximum absolute atomic E-state index is 6.62. The molecule has 0 aromatic rings. The molecule has 20 heavy (non-hydrogen) atoms. The standard InChI is InChI=1S/C16H34O2Si2/c1-14-10-9-11-15(17-19(3,4)5)16(2,13-12-14)18-20(6,7)8/h10,15H,9,11-13H2,1-8H3. The summed E-state index contributed by atoms with van der Waals surface area (Å²) in [5, 5.41) is 0. The first-order valence-corrected chi connectivity index (χ1v) is 14.8. The van der Waals surface area contributed by atoms with Crippen LogP contribution in [0.3, 0.4) is 0 Å². The molecule has 0 heterocycles. The van der Waals surface area contributed by atoms with Gasteiger partial charge in [-0.2, -0.15) is 0 Å². The molecule has 1 rings (SSSR count). The molecule has 0 amide bonds. The molecular formula is C16H34O2Si2. The first kappa shape index (κ1) is 18.1. The minimum Gasteiger partial charge on any atom is -0.412 e. The van der Waals surface area contributed by atoms with Crippen LogP contribution in [-0.2, 0) is 8.85 Å². The van der Waals surface area contributed by atoms with Crippen LogP contribution < -0.4 is 0 Å². The molecule has 0 aliphatic heterocycles. The fourth-order valence-electron chi connectivity index (χ4n) is 2.92. The van der Waals surface area contributed by atoms with Gasteiger partial charge in [-0.25, -0.2) is 0 Å². The van der Waals surface area contributed by atoms with Crippen molar-refractivity contribution in [3.63, 3.8) is 0 Å². The molecule has 0 spiro atoms. The Morgan fingerprint density at radius 2 is 1.70 bits per heavy atom. The van der Waals surface area contributed by atoms with Crippen molar-refractivity contribution in [1.82, 2.24) is 0 Å². The highest BCUT2D eigenvalue weighted by atomic mass is 28.4. The van der Waals surface area contributed by atoms with E-state index in [1.54, 1.807) is 0 Å². The van der Waals surface area contributed by atoms with Crippen LogP contribution in [0.5, 0.6) is 0 Å². The molecule has 2 nitrogen and oxygen atoms in total. The summed E-state index contributed by atoms with van der Waals surface area (Å²) in [4.78, 5) is 0. The lowest BCUT2D eigenvalue weighted by atomic mass is 9.86. The fraction of sp³-hybridized carbons (Fsp3) is 0.875. The predicted molar refractivity (Wildman–Crippen MR) is 93.3 cm³/mol. The average molecular weight is 315 g/mol. The Morgan fingerprint density at radius 1 is 1.10 bits per heavy atom. The van der Waals surface area contributed by atoms with E-state index in [1.165, 1.54) is 5.57 Å². The molecule has 0 radical (unpaired) electrons. The number of hydrogen-bond donors (Lipinski definition) is 0. The van der Waals surface area contributed by atoms with E-state index in [4.69, 9.17) is 8.85 Å². The molecule has 0 N–H and O–H groups in total. The van der Waals surface area contributed by atoms with Crippen molar-refractivity contribution < 1.29 is 8.85 Å². The van der Waals surface area contributed by atoms with Gasteiger partial charge in [0.15, 0.2) is 16.6 Å².